The number of benzene rings is 1. The lowest BCUT2D eigenvalue weighted by atomic mass is 9.94. The molecule has 0 saturated carbocycles. The number of nitrogens with zero attached hydrogens (tertiary/aromatic N) is 4. The normalized spacial score (nSPS) is 18.6. The van der Waals surface area contributed by atoms with Gasteiger partial charge in [-0.1, -0.05) is 24.3 Å². The standard InChI is InChI=1S/C16H20N4/c1-19-10-14-6-4-3-5-13(14)9-15(19)11-20(2)16-7-8-17-12-18-16/h3-8,12,15H,9-11H2,1-2H3. The van der Waals surface area contributed by atoms with Crippen molar-refractivity contribution < 1.29 is 0 Å². The quantitative estimate of drug-likeness (QED) is 0.852. The summed E-state index contributed by atoms with van der Waals surface area (Å²) in [7, 11) is 4.30. The Bertz CT molecular complexity index is 570. The van der Waals surface area contributed by atoms with Gasteiger partial charge in [0.05, 0.1) is 0 Å². The van der Waals surface area contributed by atoms with Gasteiger partial charge in [-0.25, -0.2) is 9.97 Å². The molecule has 1 atom stereocenters. The highest BCUT2D eigenvalue weighted by Gasteiger charge is 2.24. The number of hydrogen-bond donors (Lipinski definition) is 0. The SMILES string of the molecule is CN(CC1Cc2ccccc2CN1C)c1ccncn1. The van der Waals surface area contributed by atoms with Gasteiger partial charge in [0.2, 0.25) is 0 Å². The first-order valence-electron chi connectivity index (χ1n) is 6.98. The Morgan fingerprint density at radius 3 is 2.80 bits per heavy atom. The highest BCUT2D eigenvalue weighted by atomic mass is 15.2. The van der Waals surface area contributed by atoms with Crippen molar-refractivity contribution in [1.82, 2.24) is 14.9 Å². The van der Waals surface area contributed by atoms with E-state index in [1.807, 2.05) is 6.07 Å². The van der Waals surface area contributed by atoms with E-state index in [0.29, 0.717) is 6.04 Å². The van der Waals surface area contributed by atoms with Gasteiger partial charge >= 0.3 is 0 Å². The van der Waals surface area contributed by atoms with Crippen LogP contribution in [-0.4, -0.2) is 41.5 Å². The number of fused-ring (bicyclic) bond motifs is 1. The van der Waals surface area contributed by atoms with E-state index in [2.05, 4.69) is 58.1 Å². The fraction of sp³-hybridized carbons (Fsp3) is 0.375. The molecular weight excluding hydrogens is 248 g/mol. The van der Waals surface area contributed by atoms with E-state index >= 15 is 0 Å². The maximum absolute atomic E-state index is 4.31. The molecule has 20 heavy (non-hydrogen) atoms. The second-order valence-corrected chi connectivity index (χ2v) is 5.49. The molecule has 0 N–H and O–H groups in total. The van der Waals surface area contributed by atoms with Crippen molar-refractivity contribution in [2.45, 2.75) is 19.0 Å². The predicted molar refractivity (Wildman–Crippen MR) is 80.7 cm³/mol. The van der Waals surface area contributed by atoms with Crippen LogP contribution in [0.25, 0.3) is 0 Å². The Morgan fingerprint density at radius 1 is 1.25 bits per heavy atom. The molecule has 0 amide bonds. The van der Waals surface area contributed by atoms with Crippen LogP contribution in [0.2, 0.25) is 0 Å². The fourth-order valence-corrected chi connectivity index (χ4v) is 2.84. The third-order valence-electron chi connectivity index (χ3n) is 4.06. The van der Waals surface area contributed by atoms with E-state index in [0.717, 1.165) is 25.3 Å². The van der Waals surface area contributed by atoms with E-state index in [9.17, 15) is 0 Å². The van der Waals surface area contributed by atoms with Crippen LogP contribution in [0.15, 0.2) is 42.9 Å². The van der Waals surface area contributed by atoms with Crippen LogP contribution in [0.3, 0.4) is 0 Å². The van der Waals surface area contributed by atoms with Crippen molar-refractivity contribution in [3.63, 3.8) is 0 Å². The molecule has 2 heterocycles. The number of aromatic nitrogens is 2. The lowest BCUT2D eigenvalue weighted by Gasteiger charge is -2.36. The molecule has 4 nitrogen and oxygen atoms in total. The third-order valence-corrected chi connectivity index (χ3v) is 4.06. The van der Waals surface area contributed by atoms with Gasteiger partial charge in [-0.05, 0) is 30.7 Å². The van der Waals surface area contributed by atoms with Crippen molar-refractivity contribution in [3.05, 3.63) is 54.0 Å². The molecule has 104 valence electrons. The van der Waals surface area contributed by atoms with Crippen molar-refractivity contribution in [1.29, 1.82) is 0 Å². The Hall–Kier alpha value is -1.94. The summed E-state index contributed by atoms with van der Waals surface area (Å²) in [5, 5.41) is 0. The molecule has 1 aromatic heterocycles. The van der Waals surface area contributed by atoms with Crippen LogP contribution in [0.1, 0.15) is 11.1 Å². The first-order chi connectivity index (χ1) is 9.74. The average Bonchev–Trinajstić information content (AvgIpc) is 2.49. The zero-order valence-electron chi connectivity index (χ0n) is 12.0. The maximum atomic E-state index is 4.31. The summed E-state index contributed by atoms with van der Waals surface area (Å²) in [5.74, 6) is 0.979. The number of anilines is 1. The van der Waals surface area contributed by atoms with E-state index in [4.69, 9.17) is 0 Å². The van der Waals surface area contributed by atoms with Crippen molar-refractivity contribution in [2.24, 2.45) is 0 Å². The molecule has 0 radical (unpaired) electrons. The molecule has 2 aromatic rings. The summed E-state index contributed by atoms with van der Waals surface area (Å²) in [6, 6.07) is 11.2. The van der Waals surface area contributed by atoms with Gasteiger partial charge in [-0.2, -0.15) is 0 Å². The molecular formula is C16H20N4. The lowest BCUT2D eigenvalue weighted by Crippen LogP contribution is -2.44. The number of rotatable bonds is 3. The summed E-state index contributed by atoms with van der Waals surface area (Å²) >= 11 is 0. The highest BCUT2D eigenvalue weighted by Crippen LogP contribution is 2.23. The minimum Gasteiger partial charge on any atom is -0.358 e. The molecule has 3 rings (SSSR count). The molecule has 0 bridgehead atoms. The van der Waals surface area contributed by atoms with Gasteiger partial charge in [0.15, 0.2) is 0 Å². The Balaban J connectivity index is 1.72. The second kappa shape index (κ2) is 5.59. The Labute approximate surface area is 120 Å². The molecule has 0 saturated heterocycles. The summed E-state index contributed by atoms with van der Waals surface area (Å²) in [5.41, 5.74) is 2.93. The van der Waals surface area contributed by atoms with Crippen LogP contribution in [0.5, 0.6) is 0 Å². The molecule has 0 fully saturated rings. The minimum atomic E-state index is 0.518. The monoisotopic (exact) mass is 268 g/mol. The molecule has 0 spiro atoms. The van der Waals surface area contributed by atoms with E-state index in [1.54, 1.807) is 12.5 Å². The molecule has 4 heteroatoms. The van der Waals surface area contributed by atoms with E-state index in [-0.39, 0.29) is 0 Å². The summed E-state index contributed by atoms with van der Waals surface area (Å²) in [4.78, 5) is 12.9. The average molecular weight is 268 g/mol. The maximum Gasteiger partial charge on any atom is 0.131 e. The highest BCUT2D eigenvalue weighted by molar-refractivity contribution is 5.36. The predicted octanol–water partition coefficient (Wildman–Crippen LogP) is 1.97. The first kappa shape index (κ1) is 13.1. The fourth-order valence-electron chi connectivity index (χ4n) is 2.84. The smallest absolute Gasteiger partial charge is 0.131 e. The van der Waals surface area contributed by atoms with Crippen LogP contribution in [-0.2, 0) is 13.0 Å². The van der Waals surface area contributed by atoms with Gasteiger partial charge in [0.25, 0.3) is 0 Å². The lowest BCUT2D eigenvalue weighted by molar-refractivity contribution is 0.219. The van der Waals surface area contributed by atoms with Crippen molar-refractivity contribution >= 4 is 5.82 Å². The van der Waals surface area contributed by atoms with Gasteiger partial charge in [0, 0.05) is 32.4 Å². The summed E-state index contributed by atoms with van der Waals surface area (Å²) in [6.45, 7) is 2.00. The van der Waals surface area contributed by atoms with Gasteiger partial charge in [-0.3, -0.25) is 4.90 Å². The zero-order valence-corrected chi connectivity index (χ0v) is 12.0. The number of likely N-dealkylation sites (N-methyl/N-ethyl adjacent to an activating group) is 2. The zero-order chi connectivity index (χ0) is 13.9. The van der Waals surface area contributed by atoms with Crippen LogP contribution in [0.4, 0.5) is 5.82 Å². The summed E-state index contributed by atoms with van der Waals surface area (Å²) < 4.78 is 0. The third kappa shape index (κ3) is 2.65. The number of hydrogen-bond acceptors (Lipinski definition) is 4. The first-order valence-corrected chi connectivity index (χ1v) is 6.98. The van der Waals surface area contributed by atoms with Crippen molar-refractivity contribution in [3.8, 4) is 0 Å². The topological polar surface area (TPSA) is 32.3 Å². The van der Waals surface area contributed by atoms with E-state index in [1.165, 1.54) is 11.1 Å². The summed E-state index contributed by atoms with van der Waals surface area (Å²) in [6.07, 6.45) is 4.49. The molecule has 1 aromatic carbocycles. The molecule has 0 aliphatic carbocycles. The van der Waals surface area contributed by atoms with Crippen LogP contribution >= 0.6 is 0 Å². The Morgan fingerprint density at radius 2 is 2.05 bits per heavy atom. The minimum absolute atomic E-state index is 0.518. The van der Waals surface area contributed by atoms with Gasteiger partial charge in [0.1, 0.15) is 12.1 Å². The second-order valence-electron chi connectivity index (χ2n) is 5.49. The van der Waals surface area contributed by atoms with Crippen molar-refractivity contribution in [2.75, 3.05) is 25.5 Å². The molecule has 1 aliphatic rings. The van der Waals surface area contributed by atoms with Gasteiger partial charge < -0.3 is 4.90 Å². The molecule has 1 aliphatic heterocycles. The van der Waals surface area contributed by atoms with Crippen LogP contribution in [0, 0.1) is 0 Å². The van der Waals surface area contributed by atoms with Gasteiger partial charge in [-0.15, -0.1) is 0 Å². The van der Waals surface area contributed by atoms with Crippen LogP contribution < -0.4 is 4.90 Å². The van der Waals surface area contributed by atoms with E-state index < -0.39 is 0 Å². The largest absolute Gasteiger partial charge is 0.358 e. The molecule has 1 unspecified atom stereocenters. The Kier molecular flexibility index (Phi) is 3.65.